The number of ketones is 1. The molecule has 0 amide bonds. The summed E-state index contributed by atoms with van der Waals surface area (Å²) in [4.78, 5) is 28.5. The van der Waals surface area contributed by atoms with E-state index in [0.29, 0.717) is 18.7 Å². The molecule has 0 unspecified atom stereocenters. The summed E-state index contributed by atoms with van der Waals surface area (Å²) in [6.07, 6.45) is 0. The molecule has 0 radical (unpaired) electrons. The van der Waals surface area contributed by atoms with Crippen molar-refractivity contribution in [2.24, 2.45) is 0 Å². The largest absolute Gasteiger partial charge is 0.494 e. The quantitative estimate of drug-likeness (QED) is 0.358. The second-order valence-electron chi connectivity index (χ2n) is 7.95. The molecule has 2 rings (SSSR count). The molecule has 0 aliphatic carbocycles. The molecule has 156 valence electrons. The SMILES string of the molecule is CCOC(=O)CN1CCN(c2cc(C(=O)CBr)cc(C(C)(C)C)c2OC)CC1. The molecule has 0 aromatic heterocycles. The van der Waals surface area contributed by atoms with Crippen molar-refractivity contribution in [3.05, 3.63) is 23.3 Å². The number of ether oxygens (including phenoxy) is 2. The Balaban J connectivity index is 2.29. The van der Waals surface area contributed by atoms with Gasteiger partial charge in [0.05, 0.1) is 31.3 Å². The fourth-order valence-electron chi connectivity index (χ4n) is 3.39. The van der Waals surface area contributed by atoms with Crippen molar-refractivity contribution >= 4 is 33.4 Å². The van der Waals surface area contributed by atoms with Crippen molar-refractivity contribution in [1.82, 2.24) is 4.90 Å². The first kappa shape index (κ1) is 22.7. The maximum Gasteiger partial charge on any atom is 0.320 e. The van der Waals surface area contributed by atoms with E-state index in [2.05, 4.69) is 46.5 Å². The van der Waals surface area contributed by atoms with Gasteiger partial charge in [0.2, 0.25) is 0 Å². The van der Waals surface area contributed by atoms with E-state index >= 15 is 0 Å². The molecule has 1 aromatic carbocycles. The predicted molar refractivity (Wildman–Crippen MR) is 115 cm³/mol. The normalized spacial score (nSPS) is 15.4. The van der Waals surface area contributed by atoms with Crippen LogP contribution in [0.5, 0.6) is 5.75 Å². The van der Waals surface area contributed by atoms with Crippen LogP contribution in [-0.4, -0.2) is 68.4 Å². The van der Waals surface area contributed by atoms with Crippen molar-refractivity contribution in [3.63, 3.8) is 0 Å². The Kier molecular flexibility index (Phi) is 7.89. The van der Waals surface area contributed by atoms with Crippen molar-refractivity contribution in [1.29, 1.82) is 0 Å². The number of benzene rings is 1. The molecule has 0 atom stereocenters. The Morgan fingerprint density at radius 2 is 1.79 bits per heavy atom. The highest BCUT2D eigenvalue weighted by molar-refractivity contribution is 9.09. The molecule has 1 aliphatic heterocycles. The molecule has 1 aromatic rings. The molecule has 7 heteroatoms. The third-order valence-electron chi connectivity index (χ3n) is 4.90. The molecular formula is C21H31BrN2O4. The molecule has 0 saturated carbocycles. The fourth-order valence-corrected chi connectivity index (χ4v) is 3.72. The lowest BCUT2D eigenvalue weighted by Crippen LogP contribution is -2.48. The summed E-state index contributed by atoms with van der Waals surface area (Å²) in [6.45, 7) is 11.9. The molecule has 1 fully saturated rings. The third-order valence-corrected chi connectivity index (χ3v) is 5.41. The van der Waals surface area contributed by atoms with Crippen LogP contribution < -0.4 is 9.64 Å². The molecule has 1 aliphatic rings. The molecule has 1 saturated heterocycles. The number of nitrogens with zero attached hydrogens (tertiary/aromatic N) is 2. The Labute approximate surface area is 176 Å². The van der Waals surface area contributed by atoms with Gasteiger partial charge in [0, 0.05) is 37.3 Å². The van der Waals surface area contributed by atoms with Crippen LogP contribution in [0.15, 0.2) is 12.1 Å². The fraction of sp³-hybridized carbons (Fsp3) is 0.619. The number of Topliss-reactive ketones (excluding diaryl/α,β-unsaturated/α-hetero) is 1. The van der Waals surface area contributed by atoms with Crippen LogP contribution >= 0.6 is 15.9 Å². The van der Waals surface area contributed by atoms with E-state index in [-0.39, 0.29) is 22.5 Å². The van der Waals surface area contributed by atoms with Crippen LogP contribution in [0.4, 0.5) is 5.69 Å². The Morgan fingerprint density at radius 1 is 1.14 bits per heavy atom. The van der Waals surface area contributed by atoms with Crippen LogP contribution in [0, 0.1) is 0 Å². The van der Waals surface area contributed by atoms with Crippen LogP contribution in [0.1, 0.15) is 43.6 Å². The van der Waals surface area contributed by atoms with Gasteiger partial charge in [-0.3, -0.25) is 14.5 Å². The standard InChI is InChI=1S/C21H31BrN2O4/c1-6-28-19(26)14-23-7-9-24(10-8-23)17-12-15(18(25)13-22)11-16(20(17)27-5)21(2,3)4/h11-12H,6-10,13-14H2,1-5H3. The van der Waals surface area contributed by atoms with Gasteiger partial charge in [0.1, 0.15) is 5.75 Å². The smallest absolute Gasteiger partial charge is 0.320 e. The lowest BCUT2D eigenvalue weighted by atomic mass is 9.84. The Bertz CT molecular complexity index is 707. The predicted octanol–water partition coefficient (Wildman–Crippen LogP) is 3.26. The number of rotatable bonds is 7. The van der Waals surface area contributed by atoms with Crippen molar-refractivity contribution in [2.75, 3.05) is 56.7 Å². The van der Waals surface area contributed by atoms with Gasteiger partial charge in [-0.25, -0.2) is 0 Å². The number of esters is 1. The maximum atomic E-state index is 12.4. The number of halogens is 1. The number of alkyl halides is 1. The third kappa shape index (κ3) is 5.47. The molecular weight excluding hydrogens is 424 g/mol. The van der Waals surface area contributed by atoms with Gasteiger partial charge in [-0.2, -0.15) is 0 Å². The second kappa shape index (κ2) is 9.74. The maximum absolute atomic E-state index is 12.4. The van der Waals surface area contributed by atoms with Gasteiger partial charge in [-0.1, -0.05) is 36.7 Å². The number of hydrogen-bond donors (Lipinski definition) is 0. The van der Waals surface area contributed by atoms with Gasteiger partial charge >= 0.3 is 5.97 Å². The molecule has 6 nitrogen and oxygen atoms in total. The summed E-state index contributed by atoms with van der Waals surface area (Å²) in [7, 11) is 1.68. The second-order valence-corrected chi connectivity index (χ2v) is 8.51. The first-order valence-electron chi connectivity index (χ1n) is 9.65. The number of carbonyl (C=O) groups excluding carboxylic acids is 2. The molecule has 0 N–H and O–H groups in total. The van der Waals surface area contributed by atoms with Gasteiger partial charge in [0.25, 0.3) is 0 Å². The summed E-state index contributed by atoms with van der Waals surface area (Å²) in [5.41, 5.74) is 2.49. The highest BCUT2D eigenvalue weighted by Gasteiger charge is 2.28. The minimum Gasteiger partial charge on any atom is -0.494 e. The summed E-state index contributed by atoms with van der Waals surface area (Å²) in [6, 6.07) is 3.88. The van der Waals surface area contributed by atoms with Gasteiger partial charge < -0.3 is 14.4 Å². The number of piperazine rings is 1. The van der Waals surface area contributed by atoms with Gasteiger partial charge in [-0.05, 0) is 24.5 Å². The average Bonchev–Trinajstić information content (AvgIpc) is 2.66. The van der Waals surface area contributed by atoms with Gasteiger partial charge in [0.15, 0.2) is 5.78 Å². The molecule has 28 heavy (non-hydrogen) atoms. The molecule has 0 spiro atoms. The Hall–Kier alpha value is -1.60. The topological polar surface area (TPSA) is 59.1 Å². The highest BCUT2D eigenvalue weighted by Crippen LogP contribution is 2.40. The minimum absolute atomic E-state index is 0.0513. The van der Waals surface area contributed by atoms with E-state index in [1.165, 1.54) is 0 Å². The lowest BCUT2D eigenvalue weighted by molar-refractivity contribution is -0.144. The average molecular weight is 455 g/mol. The monoisotopic (exact) mass is 454 g/mol. The lowest BCUT2D eigenvalue weighted by Gasteiger charge is -2.37. The number of carbonyl (C=O) groups is 2. The van der Waals surface area contributed by atoms with E-state index in [9.17, 15) is 9.59 Å². The zero-order valence-electron chi connectivity index (χ0n) is 17.5. The van der Waals surface area contributed by atoms with E-state index in [1.54, 1.807) is 7.11 Å². The summed E-state index contributed by atoms with van der Waals surface area (Å²) in [5.74, 6) is 0.682. The minimum atomic E-state index is -0.187. The van der Waals surface area contributed by atoms with E-state index in [1.807, 2.05) is 19.1 Å². The van der Waals surface area contributed by atoms with E-state index in [4.69, 9.17) is 9.47 Å². The van der Waals surface area contributed by atoms with Crippen LogP contribution in [0.2, 0.25) is 0 Å². The zero-order valence-corrected chi connectivity index (χ0v) is 19.1. The van der Waals surface area contributed by atoms with Crippen molar-refractivity contribution < 1.29 is 19.1 Å². The van der Waals surface area contributed by atoms with Crippen LogP contribution in [0.25, 0.3) is 0 Å². The van der Waals surface area contributed by atoms with Crippen LogP contribution in [-0.2, 0) is 14.9 Å². The number of methoxy groups -OCH3 is 1. The summed E-state index contributed by atoms with van der Waals surface area (Å²) >= 11 is 3.28. The number of hydrogen-bond acceptors (Lipinski definition) is 6. The number of anilines is 1. The van der Waals surface area contributed by atoms with E-state index < -0.39 is 0 Å². The van der Waals surface area contributed by atoms with Crippen molar-refractivity contribution in [2.45, 2.75) is 33.1 Å². The highest BCUT2D eigenvalue weighted by atomic mass is 79.9. The van der Waals surface area contributed by atoms with E-state index in [0.717, 1.165) is 43.2 Å². The molecule has 0 bridgehead atoms. The van der Waals surface area contributed by atoms with Crippen molar-refractivity contribution in [3.8, 4) is 5.75 Å². The Morgan fingerprint density at radius 3 is 2.29 bits per heavy atom. The van der Waals surface area contributed by atoms with Crippen LogP contribution in [0.3, 0.4) is 0 Å². The summed E-state index contributed by atoms with van der Waals surface area (Å²) in [5, 5.41) is 0.287. The zero-order chi connectivity index (χ0) is 20.9. The summed E-state index contributed by atoms with van der Waals surface area (Å²) < 4.78 is 10.8. The first-order valence-corrected chi connectivity index (χ1v) is 10.8. The molecule has 1 heterocycles. The first-order chi connectivity index (χ1) is 13.2. The van der Waals surface area contributed by atoms with Gasteiger partial charge in [-0.15, -0.1) is 0 Å².